The van der Waals surface area contributed by atoms with Crippen molar-refractivity contribution in [1.82, 2.24) is 0 Å². The minimum Gasteiger partial charge on any atom is -0.331 e. The first-order valence-corrected chi connectivity index (χ1v) is 8.90. The highest BCUT2D eigenvalue weighted by molar-refractivity contribution is 4.56. The molecule has 0 N–H and O–H groups in total. The van der Waals surface area contributed by atoms with Crippen LogP contribution >= 0.6 is 0 Å². The van der Waals surface area contributed by atoms with E-state index in [-0.39, 0.29) is 0 Å². The van der Waals surface area contributed by atoms with Crippen LogP contribution in [0.15, 0.2) is 0 Å². The minimum absolute atomic E-state index is 0.796. The fourth-order valence-electron chi connectivity index (χ4n) is 2.74. The van der Waals surface area contributed by atoms with E-state index in [1.165, 1.54) is 70.6 Å². The van der Waals surface area contributed by atoms with Gasteiger partial charge in [0.1, 0.15) is 0 Å². The second-order valence-corrected chi connectivity index (χ2v) is 5.93. The summed E-state index contributed by atoms with van der Waals surface area (Å²) < 4.78 is 15.7. The molecule has 0 aliphatic heterocycles. The lowest BCUT2D eigenvalue weighted by Crippen LogP contribution is -2.35. The quantitative estimate of drug-likeness (QED) is 0.363. The van der Waals surface area contributed by atoms with Gasteiger partial charge in [-0.2, -0.15) is 0 Å². The third-order valence-corrected chi connectivity index (χ3v) is 4.27. The summed E-state index contributed by atoms with van der Waals surface area (Å²) in [6.07, 6.45) is 17.3. The Balaban J connectivity index is 0.000000662. The van der Waals surface area contributed by atoms with E-state index in [0.29, 0.717) is 0 Å². The SMILES string of the molecule is C1CCCC1.CCCCCCCCCC(OC)(OC)OC. The molecule has 0 heterocycles. The van der Waals surface area contributed by atoms with Crippen molar-refractivity contribution in [1.29, 1.82) is 0 Å². The smallest absolute Gasteiger partial charge is 0.282 e. The number of hydrogen-bond donors (Lipinski definition) is 0. The molecule has 1 saturated carbocycles. The van der Waals surface area contributed by atoms with Crippen molar-refractivity contribution in [3.05, 3.63) is 0 Å². The van der Waals surface area contributed by atoms with Gasteiger partial charge in [0.05, 0.1) is 0 Å². The summed E-state index contributed by atoms with van der Waals surface area (Å²) in [5.74, 6) is -0.830. The van der Waals surface area contributed by atoms with Crippen molar-refractivity contribution in [2.24, 2.45) is 0 Å². The van der Waals surface area contributed by atoms with Gasteiger partial charge in [0.25, 0.3) is 5.97 Å². The van der Waals surface area contributed by atoms with Crippen LogP contribution < -0.4 is 0 Å². The molecule has 1 aliphatic carbocycles. The molecule has 0 aromatic rings. The molecule has 0 amide bonds. The van der Waals surface area contributed by atoms with Gasteiger partial charge < -0.3 is 14.2 Å². The Kier molecular flexibility index (Phi) is 14.7. The normalized spacial score (nSPS) is 14.9. The first-order chi connectivity index (χ1) is 10.2. The van der Waals surface area contributed by atoms with Gasteiger partial charge in [-0.3, -0.25) is 0 Å². The Morgan fingerprint density at radius 2 is 1.00 bits per heavy atom. The van der Waals surface area contributed by atoms with Crippen molar-refractivity contribution < 1.29 is 14.2 Å². The molecular weight excluding hydrogens is 264 g/mol. The maximum Gasteiger partial charge on any atom is 0.282 e. The Hall–Kier alpha value is -0.120. The Morgan fingerprint density at radius 1 is 0.619 bits per heavy atom. The van der Waals surface area contributed by atoms with Gasteiger partial charge >= 0.3 is 0 Å². The summed E-state index contributed by atoms with van der Waals surface area (Å²) in [6.45, 7) is 2.24. The van der Waals surface area contributed by atoms with Crippen LogP contribution in [0.1, 0.15) is 90.4 Å². The highest BCUT2D eigenvalue weighted by Crippen LogP contribution is 2.21. The summed E-state index contributed by atoms with van der Waals surface area (Å²) in [7, 11) is 4.86. The molecule has 1 rings (SSSR count). The summed E-state index contributed by atoms with van der Waals surface area (Å²) in [6, 6.07) is 0. The molecule has 0 unspecified atom stereocenters. The molecular formula is C18H38O3. The molecule has 0 aromatic heterocycles. The lowest BCUT2D eigenvalue weighted by atomic mass is 10.1. The van der Waals surface area contributed by atoms with Crippen LogP contribution in [0.3, 0.4) is 0 Å². The molecule has 0 bridgehead atoms. The molecule has 0 spiro atoms. The van der Waals surface area contributed by atoms with Crippen LogP contribution in [-0.4, -0.2) is 27.3 Å². The zero-order valence-corrected chi connectivity index (χ0v) is 14.9. The fraction of sp³-hybridized carbons (Fsp3) is 1.00. The number of methoxy groups -OCH3 is 3. The highest BCUT2D eigenvalue weighted by atomic mass is 16.9. The molecule has 0 saturated heterocycles. The molecule has 1 fully saturated rings. The second kappa shape index (κ2) is 14.8. The third-order valence-electron chi connectivity index (χ3n) is 4.27. The van der Waals surface area contributed by atoms with Crippen molar-refractivity contribution >= 4 is 0 Å². The van der Waals surface area contributed by atoms with E-state index in [9.17, 15) is 0 Å². The lowest BCUT2D eigenvalue weighted by molar-refractivity contribution is -0.355. The standard InChI is InChI=1S/C13H28O3.C5H10/c1-5-6-7-8-9-10-11-12-13(14-2,15-3)16-4;1-2-4-5-3-1/h5-12H2,1-4H3;1-5H2. The van der Waals surface area contributed by atoms with E-state index in [1.54, 1.807) is 21.3 Å². The molecule has 0 atom stereocenters. The molecule has 3 nitrogen and oxygen atoms in total. The van der Waals surface area contributed by atoms with Gasteiger partial charge in [0.2, 0.25) is 0 Å². The third kappa shape index (κ3) is 11.1. The Bertz CT molecular complexity index is 183. The van der Waals surface area contributed by atoms with E-state index in [4.69, 9.17) is 14.2 Å². The van der Waals surface area contributed by atoms with Gasteiger partial charge in [0, 0.05) is 27.8 Å². The first kappa shape index (κ1) is 20.9. The summed E-state index contributed by atoms with van der Waals surface area (Å²) in [4.78, 5) is 0. The number of rotatable bonds is 11. The lowest BCUT2D eigenvalue weighted by Gasteiger charge is -2.28. The van der Waals surface area contributed by atoms with Crippen LogP contribution in [0.25, 0.3) is 0 Å². The van der Waals surface area contributed by atoms with E-state index < -0.39 is 5.97 Å². The van der Waals surface area contributed by atoms with Crippen molar-refractivity contribution in [3.8, 4) is 0 Å². The van der Waals surface area contributed by atoms with Crippen LogP contribution in [0, 0.1) is 0 Å². The molecule has 3 heteroatoms. The average molecular weight is 302 g/mol. The summed E-state index contributed by atoms with van der Waals surface area (Å²) in [5.41, 5.74) is 0. The highest BCUT2D eigenvalue weighted by Gasteiger charge is 2.28. The van der Waals surface area contributed by atoms with Crippen molar-refractivity contribution in [2.75, 3.05) is 21.3 Å². The topological polar surface area (TPSA) is 27.7 Å². The first-order valence-electron chi connectivity index (χ1n) is 8.90. The van der Waals surface area contributed by atoms with Gasteiger partial charge in [-0.15, -0.1) is 0 Å². The minimum atomic E-state index is -0.830. The van der Waals surface area contributed by atoms with Crippen LogP contribution in [0.4, 0.5) is 0 Å². The van der Waals surface area contributed by atoms with E-state index in [2.05, 4.69) is 6.92 Å². The maximum atomic E-state index is 5.24. The van der Waals surface area contributed by atoms with Gasteiger partial charge in [-0.25, -0.2) is 0 Å². The average Bonchev–Trinajstić information content (AvgIpc) is 3.11. The van der Waals surface area contributed by atoms with Crippen LogP contribution in [-0.2, 0) is 14.2 Å². The number of ether oxygens (including phenoxy) is 3. The van der Waals surface area contributed by atoms with Gasteiger partial charge in [-0.05, 0) is 6.42 Å². The fourth-order valence-corrected chi connectivity index (χ4v) is 2.74. The number of unbranched alkanes of at least 4 members (excludes halogenated alkanes) is 6. The zero-order chi connectivity index (χ0) is 15.8. The molecule has 1 aliphatic rings. The molecule has 0 aromatic carbocycles. The summed E-state index contributed by atoms with van der Waals surface area (Å²) >= 11 is 0. The summed E-state index contributed by atoms with van der Waals surface area (Å²) in [5, 5.41) is 0. The molecule has 0 radical (unpaired) electrons. The predicted molar refractivity (Wildman–Crippen MR) is 89.5 cm³/mol. The largest absolute Gasteiger partial charge is 0.331 e. The Labute approximate surface area is 132 Å². The van der Waals surface area contributed by atoms with E-state index in [1.807, 2.05) is 0 Å². The van der Waals surface area contributed by atoms with Crippen LogP contribution in [0.2, 0.25) is 0 Å². The number of hydrogen-bond acceptors (Lipinski definition) is 3. The second-order valence-electron chi connectivity index (χ2n) is 5.93. The van der Waals surface area contributed by atoms with E-state index in [0.717, 1.165) is 12.8 Å². The van der Waals surface area contributed by atoms with Crippen LogP contribution in [0.5, 0.6) is 0 Å². The van der Waals surface area contributed by atoms with Gasteiger partial charge in [-0.1, -0.05) is 77.6 Å². The molecule has 128 valence electrons. The van der Waals surface area contributed by atoms with E-state index >= 15 is 0 Å². The van der Waals surface area contributed by atoms with Crippen molar-refractivity contribution in [2.45, 2.75) is 96.4 Å². The maximum absolute atomic E-state index is 5.24. The monoisotopic (exact) mass is 302 g/mol. The van der Waals surface area contributed by atoms with Crippen molar-refractivity contribution in [3.63, 3.8) is 0 Å². The van der Waals surface area contributed by atoms with Gasteiger partial charge in [0.15, 0.2) is 0 Å². The zero-order valence-electron chi connectivity index (χ0n) is 14.9. The molecule has 21 heavy (non-hydrogen) atoms. The predicted octanol–water partition coefficient (Wildman–Crippen LogP) is 5.67. The Morgan fingerprint density at radius 3 is 1.38 bits per heavy atom.